The molecule has 1 aliphatic rings. The molecule has 1 heterocycles. The predicted molar refractivity (Wildman–Crippen MR) is 57.0 cm³/mol. The van der Waals surface area contributed by atoms with Crippen molar-refractivity contribution >= 4 is 17.8 Å². The lowest BCUT2D eigenvalue weighted by molar-refractivity contribution is -0.144. The molecule has 1 aliphatic heterocycles. The second-order valence-corrected chi connectivity index (χ2v) is 3.96. The van der Waals surface area contributed by atoms with Crippen molar-refractivity contribution in [3.05, 3.63) is 0 Å². The highest BCUT2D eigenvalue weighted by molar-refractivity contribution is 6.16. The van der Waals surface area contributed by atoms with Gasteiger partial charge in [0.25, 0.3) is 0 Å². The number of terminal acetylenes is 1. The van der Waals surface area contributed by atoms with Gasteiger partial charge in [-0.05, 0) is 5.92 Å². The number of urea groups is 1. The van der Waals surface area contributed by atoms with Gasteiger partial charge in [-0.1, -0.05) is 13.8 Å². The maximum Gasteiger partial charge on any atom is 0.330 e. The summed E-state index contributed by atoms with van der Waals surface area (Å²) in [7, 11) is 0. The van der Waals surface area contributed by atoms with Gasteiger partial charge in [-0.2, -0.15) is 0 Å². The molecule has 1 N–H and O–H groups in total. The second kappa shape index (κ2) is 4.79. The number of rotatable bonds is 3. The average molecular weight is 222 g/mol. The molecule has 4 amide bonds. The van der Waals surface area contributed by atoms with Crippen molar-refractivity contribution in [3.63, 3.8) is 0 Å². The van der Waals surface area contributed by atoms with E-state index in [1.165, 1.54) is 0 Å². The molecular weight excluding hydrogens is 208 g/mol. The molecule has 0 aromatic heterocycles. The molecule has 1 saturated heterocycles. The Balaban J connectivity index is 2.86. The van der Waals surface area contributed by atoms with Crippen LogP contribution in [-0.2, 0) is 9.59 Å². The largest absolute Gasteiger partial charge is 0.330 e. The molecule has 0 spiro atoms. The number of amides is 4. The molecule has 0 aromatic carbocycles. The van der Waals surface area contributed by atoms with E-state index >= 15 is 0 Å². The van der Waals surface area contributed by atoms with Crippen LogP contribution in [0.15, 0.2) is 0 Å². The fourth-order valence-corrected chi connectivity index (χ4v) is 1.61. The third kappa shape index (κ3) is 2.22. The highest BCUT2D eigenvalue weighted by atomic mass is 16.2. The summed E-state index contributed by atoms with van der Waals surface area (Å²) >= 11 is 0. The molecule has 86 valence electrons. The normalized spacial score (nSPS) is 21.0. The lowest BCUT2D eigenvalue weighted by Crippen LogP contribution is -2.59. The Morgan fingerprint density at radius 1 is 1.44 bits per heavy atom. The van der Waals surface area contributed by atoms with Crippen LogP contribution < -0.4 is 5.32 Å². The summed E-state index contributed by atoms with van der Waals surface area (Å²) in [5.74, 6) is 0.427. The van der Waals surface area contributed by atoms with Crippen LogP contribution in [0.3, 0.4) is 0 Å². The zero-order valence-electron chi connectivity index (χ0n) is 9.32. The van der Waals surface area contributed by atoms with Gasteiger partial charge in [-0.3, -0.25) is 19.8 Å². The first-order valence-corrected chi connectivity index (χ1v) is 5.08. The van der Waals surface area contributed by atoms with Crippen molar-refractivity contribution < 1.29 is 14.4 Å². The highest BCUT2D eigenvalue weighted by Gasteiger charge is 2.41. The van der Waals surface area contributed by atoms with Crippen LogP contribution in [0.4, 0.5) is 4.79 Å². The number of imide groups is 2. The summed E-state index contributed by atoms with van der Waals surface area (Å²) in [6.45, 7) is 3.67. The zero-order valence-corrected chi connectivity index (χ0v) is 9.32. The molecular formula is C11H14N2O3. The van der Waals surface area contributed by atoms with E-state index in [-0.39, 0.29) is 18.9 Å². The third-order valence-electron chi connectivity index (χ3n) is 2.44. The van der Waals surface area contributed by atoms with Crippen molar-refractivity contribution in [2.75, 3.05) is 6.54 Å². The topological polar surface area (TPSA) is 66.5 Å². The molecule has 0 saturated carbocycles. The van der Waals surface area contributed by atoms with Crippen LogP contribution in [0, 0.1) is 24.2 Å². The minimum Gasteiger partial charge on any atom is -0.277 e. The van der Waals surface area contributed by atoms with Crippen LogP contribution in [-0.4, -0.2) is 29.3 Å². The van der Waals surface area contributed by atoms with Gasteiger partial charge in [-0.25, -0.2) is 4.79 Å². The van der Waals surface area contributed by atoms with Crippen molar-refractivity contribution in [2.24, 2.45) is 11.8 Å². The molecule has 0 bridgehead atoms. The van der Waals surface area contributed by atoms with Crippen LogP contribution in [0.2, 0.25) is 0 Å². The smallest absolute Gasteiger partial charge is 0.277 e. The van der Waals surface area contributed by atoms with E-state index in [9.17, 15) is 14.4 Å². The van der Waals surface area contributed by atoms with Crippen LogP contribution in [0.5, 0.6) is 0 Å². The summed E-state index contributed by atoms with van der Waals surface area (Å²) in [4.78, 5) is 35.7. The molecule has 1 atom stereocenters. The second-order valence-electron chi connectivity index (χ2n) is 3.96. The maximum absolute atomic E-state index is 11.9. The molecule has 16 heavy (non-hydrogen) atoms. The van der Waals surface area contributed by atoms with Crippen molar-refractivity contribution in [2.45, 2.75) is 20.3 Å². The quantitative estimate of drug-likeness (QED) is 0.554. The van der Waals surface area contributed by atoms with E-state index in [2.05, 4.69) is 11.2 Å². The Morgan fingerprint density at radius 3 is 2.56 bits per heavy atom. The summed E-state index contributed by atoms with van der Waals surface area (Å²) < 4.78 is 0. The average Bonchev–Trinajstić information content (AvgIpc) is 2.16. The maximum atomic E-state index is 11.9. The van der Waals surface area contributed by atoms with Gasteiger partial charge in [0.05, 0.1) is 0 Å². The summed E-state index contributed by atoms with van der Waals surface area (Å²) in [5, 5.41) is 2.16. The first kappa shape index (κ1) is 12.2. The molecule has 5 nitrogen and oxygen atoms in total. The standard InChI is InChI=1S/C11H14N2O3/c1-4-5-6-13-10(15)8(7(2)3)9(14)12-11(13)16/h1,7-8H,5-6H2,2-3H3,(H,12,14,16). The minimum atomic E-state index is -0.796. The summed E-state index contributed by atoms with van der Waals surface area (Å²) in [6, 6.07) is -0.679. The van der Waals surface area contributed by atoms with Crippen LogP contribution >= 0.6 is 0 Å². The lowest BCUT2D eigenvalue weighted by atomic mass is 9.92. The zero-order chi connectivity index (χ0) is 12.3. The van der Waals surface area contributed by atoms with E-state index in [4.69, 9.17) is 6.42 Å². The third-order valence-corrected chi connectivity index (χ3v) is 2.44. The van der Waals surface area contributed by atoms with Crippen LogP contribution in [0.1, 0.15) is 20.3 Å². The Morgan fingerprint density at radius 2 is 2.06 bits per heavy atom. The Hall–Kier alpha value is -1.83. The van der Waals surface area contributed by atoms with Gasteiger partial charge >= 0.3 is 6.03 Å². The first-order valence-electron chi connectivity index (χ1n) is 5.08. The van der Waals surface area contributed by atoms with Crippen molar-refractivity contribution in [3.8, 4) is 12.3 Å². The monoisotopic (exact) mass is 222 g/mol. The molecule has 5 heteroatoms. The van der Waals surface area contributed by atoms with Crippen LogP contribution in [0.25, 0.3) is 0 Å². The Kier molecular flexibility index (Phi) is 3.67. The van der Waals surface area contributed by atoms with E-state index in [1.54, 1.807) is 13.8 Å². The number of carbonyl (C=O) groups is 3. The van der Waals surface area contributed by atoms with Gasteiger partial charge < -0.3 is 0 Å². The Bertz CT molecular complexity index is 368. The molecule has 1 rings (SSSR count). The summed E-state index contributed by atoms with van der Waals surface area (Å²) in [6.07, 6.45) is 5.36. The van der Waals surface area contributed by atoms with Gasteiger partial charge in [0.1, 0.15) is 5.92 Å². The molecule has 0 aromatic rings. The van der Waals surface area contributed by atoms with E-state index in [1.807, 2.05) is 0 Å². The first-order chi connectivity index (χ1) is 7.49. The van der Waals surface area contributed by atoms with Gasteiger partial charge in [0.15, 0.2) is 0 Å². The van der Waals surface area contributed by atoms with Crippen molar-refractivity contribution in [1.82, 2.24) is 10.2 Å². The van der Waals surface area contributed by atoms with Crippen molar-refractivity contribution in [1.29, 1.82) is 0 Å². The molecule has 0 aliphatic carbocycles. The molecule has 0 radical (unpaired) electrons. The van der Waals surface area contributed by atoms with E-state index < -0.39 is 23.8 Å². The summed E-state index contributed by atoms with van der Waals surface area (Å²) in [5.41, 5.74) is 0. The minimum absolute atomic E-state index is 0.145. The number of hydrogen-bond donors (Lipinski definition) is 1. The molecule has 1 unspecified atom stereocenters. The molecule has 1 fully saturated rings. The van der Waals surface area contributed by atoms with Gasteiger partial charge in [-0.15, -0.1) is 12.3 Å². The number of carbonyl (C=O) groups excluding carboxylic acids is 3. The lowest BCUT2D eigenvalue weighted by Gasteiger charge is -2.31. The number of barbiturate groups is 1. The highest BCUT2D eigenvalue weighted by Crippen LogP contribution is 2.18. The van der Waals surface area contributed by atoms with E-state index in [0.717, 1.165) is 4.90 Å². The SMILES string of the molecule is C#CCCN1C(=O)NC(=O)C(C(C)C)C1=O. The fourth-order valence-electron chi connectivity index (χ4n) is 1.61. The predicted octanol–water partition coefficient (Wildman–Crippen LogP) is 0.360. The number of nitrogens with one attached hydrogen (secondary N) is 1. The number of nitrogens with zero attached hydrogens (tertiary/aromatic N) is 1. The number of hydrogen-bond acceptors (Lipinski definition) is 3. The van der Waals surface area contributed by atoms with Gasteiger partial charge in [0.2, 0.25) is 11.8 Å². The van der Waals surface area contributed by atoms with E-state index in [0.29, 0.717) is 0 Å². The fraction of sp³-hybridized carbons (Fsp3) is 0.545. The van der Waals surface area contributed by atoms with Gasteiger partial charge in [0, 0.05) is 13.0 Å². The Labute approximate surface area is 94.2 Å².